The molecule has 0 aliphatic rings. The van der Waals surface area contributed by atoms with E-state index in [0.717, 1.165) is 11.1 Å². The van der Waals surface area contributed by atoms with Gasteiger partial charge >= 0.3 is 0 Å². The first kappa shape index (κ1) is 15.8. The van der Waals surface area contributed by atoms with Crippen LogP contribution in [0.1, 0.15) is 17.0 Å². The van der Waals surface area contributed by atoms with E-state index in [1.54, 1.807) is 42.1 Å². The van der Waals surface area contributed by atoms with Crippen molar-refractivity contribution in [2.45, 2.75) is 5.92 Å². The zero-order valence-electron chi connectivity index (χ0n) is 12.6. The summed E-state index contributed by atoms with van der Waals surface area (Å²) in [5.41, 5.74) is 4.15. The topological polar surface area (TPSA) is 75.1 Å². The van der Waals surface area contributed by atoms with Gasteiger partial charge in [-0.2, -0.15) is 10.2 Å². The van der Waals surface area contributed by atoms with Gasteiger partial charge in [-0.05, 0) is 23.3 Å². The standard InChI is InChI=1S/C18H14FN3O2/c19-16-4-2-1-3-15(16)17(18(23)22-24)13-7-5-12(6-8-13)14-9-10-20-21-11-14/h1-11,17,24H,(H,22,23). The van der Waals surface area contributed by atoms with Gasteiger partial charge in [0.15, 0.2) is 0 Å². The number of nitrogens with one attached hydrogen (secondary N) is 1. The number of halogens is 1. The van der Waals surface area contributed by atoms with Crippen LogP contribution >= 0.6 is 0 Å². The second-order valence-corrected chi connectivity index (χ2v) is 5.18. The molecule has 0 bridgehead atoms. The van der Waals surface area contributed by atoms with Crippen molar-refractivity contribution < 1.29 is 14.4 Å². The van der Waals surface area contributed by atoms with Gasteiger partial charge in [-0.25, -0.2) is 9.87 Å². The molecule has 1 amide bonds. The summed E-state index contributed by atoms with van der Waals surface area (Å²) in [5.74, 6) is -2.15. The highest BCUT2D eigenvalue weighted by Crippen LogP contribution is 2.29. The normalized spacial score (nSPS) is 11.8. The van der Waals surface area contributed by atoms with Gasteiger partial charge in [-0.1, -0.05) is 42.5 Å². The molecular formula is C18H14FN3O2. The molecule has 24 heavy (non-hydrogen) atoms. The molecule has 1 aromatic heterocycles. The molecule has 120 valence electrons. The smallest absolute Gasteiger partial charge is 0.255 e. The summed E-state index contributed by atoms with van der Waals surface area (Å²) in [6.45, 7) is 0. The Hall–Kier alpha value is -3.12. The third-order valence-corrected chi connectivity index (χ3v) is 3.75. The number of hydrogen-bond donors (Lipinski definition) is 2. The van der Waals surface area contributed by atoms with Crippen LogP contribution in [0.5, 0.6) is 0 Å². The van der Waals surface area contributed by atoms with Gasteiger partial charge in [0.25, 0.3) is 5.91 Å². The summed E-state index contributed by atoms with van der Waals surface area (Å²) in [5, 5.41) is 16.6. The lowest BCUT2D eigenvalue weighted by Crippen LogP contribution is -2.27. The largest absolute Gasteiger partial charge is 0.289 e. The molecule has 0 saturated carbocycles. The molecule has 2 N–H and O–H groups in total. The summed E-state index contributed by atoms with van der Waals surface area (Å²) < 4.78 is 14.1. The molecule has 0 fully saturated rings. The molecule has 0 saturated heterocycles. The van der Waals surface area contributed by atoms with Crippen LogP contribution in [0.25, 0.3) is 11.1 Å². The molecule has 0 aliphatic carbocycles. The first-order valence-corrected chi connectivity index (χ1v) is 7.26. The molecule has 6 heteroatoms. The van der Waals surface area contributed by atoms with Crippen LogP contribution in [0.3, 0.4) is 0 Å². The van der Waals surface area contributed by atoms with Crippen molar-refractivity contribution in [2.75, 3.05) is 0 Å². The molecule has 1 atom stereocenters. The fourth-order valence-corrected chi connectivity index (χ4v) is 2.58. The third-order valence-electron chi connectivity index (χ3n) is 3.75. The molecule has 1 heterocycles. The van der Waals surface area contributed by atoms with Crippen LogP contribution in [0.15, 0.2) is 67.0 Å². The van der Waals surface area contributed by atoms with Gasteiger partial charge in [0.1, 0.15) is 5.82 Å². The summed E-state index contributed by atoms with van der Waals surface area (Å²) in [6, 6.07) is 14.9. The number of carbonyl (C=O) groups excluding carboxylic acids is 1. The second-order valence-electron chi connectivity index (χ2n) is 5.18. The van der Waals surface area contributed by atoms with E-state index in [4.69, 9.17) is 5.21 Å². The van der Waals surface area contributed by atoms with Crippen LogP contribution in [-0.4, -0.2) is 21.3 Å². The predicted octanol–water partition coefficient (Wildman–Crippen LogP) is 2.92. The molecule has 0 spiro atoms. The highest BCUT2D eigenvalue weighted by Gasteiger charge is 2.25. The van der Waals surface area contributed by atoms with Crippen molar-refractivity contribution in [3.63, 3.8) is 0 Å². The molecule has 5 nitrogen and oxygen atoms in total. The summed E-state index contributed by atoms with van der Waals surface area (Å²) in [6.07, 6.45) is 3.22. The molecular weight excluding hydrogens is 309 g/mol. The lowest BCUT2D eigenvalue weighted by molar-refractivity contribution is -0.129. The first-order chi connectivity index (χ1) is 11.7. The van der Waals surface area contributed by atoms with E-state index < -0.39 is 17.6 Å². The van der Waals surface area contributed by atoms with E-state index in [2.05, 4.69) is 10.2 Å². The Morgan fingerprint density at radius 1 is 1.00 bits per heavy atom. The maximum absolute atomic E-state index is 14.1. The maximum Gasteiger partial charge on any atom is 0.255 e. The molecule has 2 aromatic carbocycles. The van der Waals surface area contributed by atoms with Gasteiger partial charge in [0.05, 0.1) is 18.3 Å². The van der Waals surface area contributed by atoms with Crippen molar-refractivity contribution in [2.24, 2.45) is 0 Å². The predicted molar refractivity (Wildman–Crippen MR) is 85.6 cm³/mol. The van der Waals surface area contributed by atoms with E-state index in [9.17, 15) is 9.18 Å². The van der Waals surface area contributed by atoms with Gasteiger partial charge in [-0.3, -0.25) is 10.0 Å². The van der Waals surface area contributed by atoms with Crippen LogP contribution in [0.4, 0.5) is 4.39 Å². The average molecular weight is 323 g/mol. The van der Waals surface area contributed by atoms with Crippen molar-refractivity contribution in [1.82, 2.24) is 15.7 Å². The number of carbonyl (C=O) groups is 1. The van der Waals surface area contributed by atoms with Crippen LogP contribution < -0.4 is 5.48 Å². The minimum Gasteiger partial charge on any atom is -0.289 e. The average Bonchev–Trinajstić information content (AvgIpc) is 2.64. The number of nitrogens with zero attached hydrogens (tertiary/aromatic N) is 2. The first-order valence-electron chi connectivity index (χ1n) is 7.26. The fourth-order valence-electron chi connectivity index (χ4n) is 2.58. The number of aromatic nitrogens is 2. The Balaban J connectivity index is 2.00. The molecule has 0 aliphatic heterocycles. The number of hydroxylamine groups is 1. The number of benzene rings is 2. The van der Waals surface area contributed by atoms with E-state index >= 15 is 0 Å². The summed E-state index contributed by atoms with van der Waals surface area (Å²) in [4.78, 5) is 12.1. The van der Waals surface area contributed by atoms with E-state index in [0.29, 0.717) is 5.56 Å². The van der Waals surface area contributed by atoms with Crippen molar-refractivity contribution in [3.05, 3.63) is 83.9 Å². The lowest BCUT2D eigenvalue weighted by Gasteiger charge is -2.17. The van der Waals surface area contributed by atoms with E-state index in [-0.39, 0.29) is 5.56 Å². The SMILES string of the molecule is O=C(NO)C(c1ccc(-c2ccnnc2)cc1)c1ccccc1F. The monoisotopic (exact) mass is 323 g/mol. The van der Waals surface area contributed by atoms with Gasteiger partial charge in [0.2, 0.25) is 0 Å². The number of hydrogen-bond acceptors (Lipinski definition) is 4. The van der Waals surface area contributed by atoms with Crippen LogP contribution in [0.2, 0.25) is 0 Å². The van der Waals surface area contributed by atoms with Crippen molar-refractivity contribution in [3.8, 4) is 11.1 Å². The molecule has 0 radical (unpaired) electrons. The summed E-state index contributed by atoms with van der Waals surface area (Å²) in [7, 11) is 0. The van der Waals surface area contributed by atoms with E-state index in [1.807, 2.05) is 18.2 Å². The van der Waals surface area contributed by atoms with Gasteiger partial charge in [0, 0.05) is 11.1 Å². The Kier molecular flexibility index (Phi) is 4.58. The van der Waals surface area contributed by atoms with Crippen molar-refractivity contribution in [1.29, 1.82) is 0 Å². The maximum atomic E-state index is 14.1. The number of amides is 1. The molecule has 1 unspecified atom stereocenters. The van der Waals surface area contributed by atoms with Crippen LogP contribution in [0, 0.1) is 5.82 Å². The second kappa shape index (κ2) is 6.97. The Bertz CT molecular complexity index is 838. The zero-order valence-corrected chi connectivity index (χ0v) is 12.6. The molecule has 3 rings (SSSR count). The fraction of sp³-hybridized carbons (Fsp3) is 0.0556. The quantitative estimate of drug-likeness (QED) is 0.572. The van der Waals surface area contributed by atoms with Gasteiger partial charge < -0.3 is 0 Å². The Labute approximate surface area is 137 Å². The Morgan fingerprint density at radius 2 is 1.75 bits per heavy atom. The zero-order chi connectivity index (χ0) is 16.9. The summed E-state index contributed by atoms with van der Waals surface area (Å²) >= 11 is 0. The number of rotatable bonds is 4. The highest BCUT2D eigenvalue weighted by molar-refractivity contribution is 5.86. The lowest BCUT2D eigenvalue weighted by atomic mass is 9.89. The van der Waals surface area contributed by atoms with Crippen molar-refractivity contribution >= 4 is 5.91 Å². The minimum atomic E-state index is -0.944. The third kappa shape index (κ3) is 3.13. The highest BCUT2D eigenvalue weighted by atomic mass is 19.1. The molecule has 3 aromatic rings. The Morgan fingerprint density at radius 3 is 2.38 bits per heavy atom. The van der Waals surface area contributed by atoms with Crippen LogP contribution in [-0.2, 0) is 4.79 Å². The van der Waals surface area contributed by atoms with E-state index in [1.165, 1.54) is 12.1 Å². The minimum absolute atomic E-state index is 0.197. The van der Waals surface area contributed by atoms with Gasteiger partial charge in [-0.15, -0.1) is 0 Å².